The maximum absolute atomic E-state index is 4.97. The Balaban J connectivity index is 3.43. The predicted molar refractivity (Wildman–Crippen MR) is 46.7 cm³/mol. The molecule has 0 N–H and O–H groups in total. The van der Waals surface area contributed by atoms with Crippen LogP contribution in [0, 0.1) is 0 Å². The molecular weight excluding hydrogens is 140 g/mol. The summed E-state index contributed by atoms with van der Waals surface area (Å²) in [4.78, 5) is 0. The van der Waals surface area contributed by atoms with E-state index >= 15 is 0 Å². The van der Waals surface area contributed by atoms with Crippen LogP contribution >= 0.6 is 0 Å². The van der Waals surface area contributed by atoms with Crippen molar-refractivity contribution in [2.24, 2.45) is 0 Å². The zero-order chi connectivity index (χ0) is 8.53. The van der Waals surface area contributed by atoms with E-state index in [4.69, 9.17) is 9.47 Å². The molecule has 0 aromatic carbocycles. The van der Waals surface area contributed by atoms with Crippen LogP contribution < -0.4 is 0 Å². The number of hydrogen-bond acceptors (Lipinski definition) is 2. The van der Waals surface area contributed by atoms with Crippen LogP contribution in [0.4, 0.5) is 0 Å². The van der Waals surface area contributed by atoms with E-state index in [0.717, 1.165) is 26.1 Å². The maximum atomic E-state index is 4.97. The molecule has 0 bridgehead atoms. The Morgan fingerprint density at radius 1 is 1.09 bits per heavy atom. The van der Waals surface area contributed by atoms with Gasteiger partial charge in [-0.3, -0.25) is 0 Å². The molecule has 2 nitrogen and oxygen atoms in total. The summed E-state index contributed by atoms with van der Waals surface area (Å²) in [5.41, 5.74) is 1.41. The molecule has 0 radical (unpaired) electrons. The smallest absolute Gasteiger partial charge is 0.0499 e. The van der Waals surface area contributed by atoms with Crippen LogP contribution in [0.5, 0.6) is 0 Å². The van der Waals surface area contributed by atoms with Crippen molar-refractivity contribution in [3.05, 3.63) is 11.6 Å². The van der Waals surface area contributed by atoms with E-state index < -0.39 is 0 Å². The summed E-state index contributed by atoms with van der Waals surface area (Å²) in [6.45, 7) is 3.67. The van der Waals surface area contributed by atoms with Crippen LogP contribution in [0.2, 0.25) is 0 Å². The third kappa shape index (κ3) is 6.07. The molecule has 66 valence electrons. The fourth-order valence-electron chi connectivity index (χ4n) is 0.880. The highest BCUT2D eigenvalue weighted by Gasteiger charge is 1.94. The molecule has 0 aliphatic rings. The second-order valence-corrected chi connectivity index (χ2v) is 2.43. The topological polar surface area (TPSA) is 18.5 Å². The standard InChI is InChI=1S/C9H18O2/c1-4-9(5-7-10-2)6-8-11-3/h4H,5-8H2,1-3H3. The second kappa shape index (κ2) is 7.76. The van der Waals surface area contributed by atoms with Gasteiger partial charge >= 0.3 is 0 Å². The predicted octanol–water partition coefficient (Wildman–Crippen LogP) is 2.01. The minimum Gasteiger partial charge on any atom is -0.384 e. The van der Waals surface area contributed by atoms with Gasteiger partial charge < -0.3 is 9.47 Å². The average Bonchev–Trinajstić information content (AvgIpc) is 2.05. The molecule has 0 spiro atoms. The molecule has 0 saturated carbocycles. The highest BCUT2D eigenvalue weighted by atomic mass is 16.5. The molecule has 0 saturated heterocycles. The lowest BCUT2D eigenvalue weighted by atomic mass is 10.1. The van der Waals surface area contributed by atoms with Crippen molar-refractivity contribution in [3.8, 4) is 0 Å². The van der Waals surface area contributed by atoms with Gasteiger partial charge in [-0.2, -0.15) is 0 Å². The van der Waals surface area contributed by atoms with Gasteiger partial charge in [0.1, 0.15) is 0 Å². The molecule has 2 heteroatoms. The van der Waals surface area contributed by atoms with E-state index in [0.29, 0.717) is 0 Å². The second-order valence-electron chi connectivity index (χ2n) is 2.43. The van der Waals surface area contributed by atoms with Crippen molar-refractivity contribution >= 4 is 0 Å². The number of ether oxygens (including phenoxy) is 2. The lowest BCUT2D eigenvalue weighted by Crippen LogP contribution is -1.96. The normalized spacial score (nSPS) is 9.73. The molecule has 0 amide bonds. The Kier molecular flexibility index (Phi) is 7.52. The highest BCUT2D eigenvalue weighted by molar-refractivity contribution is 4.99. The van der Waals surface area contributed by atoms with E-state index in [2.05, 4.69) is 13.0 Å². The Bertz CT molecular complexity index is 98.1. The van der Waals surface area contributed by atoms with Crippen LogP contribution in [0.1, 0.15) is 19.8 Å². The van der Waals surface area contributed by atoms with Gasteiger partial charge in [-0.1, -0.05) is 11.6 Å². The van der Waals surface area contributed by atoms with Gasteiger partial charge in [-0.25, -0.2) is 0 Å². The third-order valence-electron chi connectivity index (χ3n) is 1.66. The van der Waals surface area contributed by atoms with Gasteiger partial charge in [0.15, 0.2) is 0 Å². The zero-order valence-electron chi connectivity index (χ0n) is 7.72. The number of allylic oxidation sites excluding steroid dienone is 1. The minimum absolute atomic E-state index is 0.809. The van der Waals surface area contributed by atoms with Crippen LogP contribution in [-0.2, 0) is 9.47 Å². The zero-order valence-corrected chi connectivity index (χ0v) is 7.72. The molecule has 0 aliphatic carbocycles. The first-order valence-electron chi connectivity index (χ1n) is 3.97. The van der Waals surface area contributed by atoms with E-state index in [1.165, 1.54) is 5.57 Å². The molecule has 0 unspecified atom stereocenters. The molecule has 0 aromatic heterocycles. The fraction of sp³-hybridized carbons (Fsp3) is 0.778. The largest absolute Gasteiger partial charge is 0.384 e. The van der Waals surface area contributed by atoms with Gasteiger partial charge in [0, 0.05) is 27.4 Å². The third-order valence-corrected chi connectivity index (χ3v) is 1.66. The van der Waals surface area contributed by atoms with E-state index in [-0.39, 0.29) is 0 Å². The van der Waals surface area contributed by atoms with E-state index in [1.54, 1.807) is 14.2 Å². The summed E-state index contributed by atoms with van der Waals surface area (Å²) in [7, 11) is 3.45. The molecule has 0 fully saturated rings. The Morgan fingerprint density at radius 2 is 1.55 bits per heavy atom. The summed E-state index contributed by atoms with van der Waals surface area (Å²) in [6.07, 6.45) is 4.19. The molecule has 0 aliphatic heterocycles. The maximum Gasteiger partial charge on any atom is 0.0499 e. The van der Waals surface area contributed by atoms with Crippen LogP contribution in [0.3, 0.4) is 0 Å². The summed E-state index contributed by atoms with van der Waals surface area (Å²) in [5, 5.41) is 0. The monoisotopic (exact) mass is 158 g/mol. The molecule has 0 aromatic rings. The van der Waals surface area contributed by atoms with Crippen LogP contribution in [-0.4, -0.2) is 27.4 Å². The van der Waals surface area contributed by atoms with Gasteiger partial charge in [0.2, 0.25) is 0 Å². The summed E-state index contributed by atoms with van der Waals surface area (Å²) < 4.78 is 9.94. The summed E-state index contributed by atoms with van der Waals surface area (Å²) >= 11 is 0. The number of methoxy groups -OCH3 is 2. The first-order valence-corrected chi connectivity index (χ1v) is 3.97. The molecule has 0 atom stereocenters. The SMILES string of the molecule is CC=C(CCOC)CCOC. The van der Waals surface area contributed by atoms with Crippen molar-refractivity contribution in [1.82, 2.24) is 0 Å². The highest BCUT2D eigenvalue weighted by Crippen LogP contribution is 2.06. The first kappa shape index (κ1) is 10.7. The van der Waals surface area contributed by atoms with Crippen molar-refractivity contribution in [3.63, 3.8) is 0 Å². The van der Waals surface area contributed by atoms with Gasteiger partial charge in [-0.05, 0) is 19.8 Å². The van der Waals surface area contributed by atoms with Gasteiger partial charge in [-0.15, -0.1) is 0 Å². The van der Waals surface area contributed by atoms with Crippen molar-refractivity contribution < 1.29 is 9.47 Å². The summed E-state index contributed by atoms with van der Waals surface area (Å²) in [5.74, 6) is 0. The molecule has 11 heavy (non-hydrogen) atoms. The Hall–Kier alpha value is -0.340. The van der Waals surface area contributed by atoms with Gasteiger partial charge in [0.05, 0.1) is 0 Å². The minimum atomic E-state index is 0.809. The summed E-state index contributed by atoms with van der Waals surface area (Å²) in [6, 6.07) is 0. The van der Waals surface area contributed by atoms with Crippen molar-refractivity contribution in [2.75, 3.05) is 27.4 Å². The Labute approximate surface area is 69.2 Å². The Morgan fingerprint density at radius 3 is 1.82 bits per heavy atom. The average molecular weight is 158 g/mol. The van der Waals surface area contributed by atoms with Crippen LogP contribution in [0.25, 0.3) is 0 Å². The van der Waals surface area contributed by atoms with Gasteiger partial charge in [0.25, 0.3) is 0 Å². The van der Waals surface area contributed by atoms with Crippen molar-refractivity contribution in [1.29, 1.82) is 0 Å². The number of hydrogen-bond donors (Lipinski definition) is 0. The van der Waals surface area contributed by atoms with Crippen LogP contribution in [0.15, 0.2) is 11.6 Å². The first-order chi connectivity index (χ1) is 5.35. The molecule has 0 heterocycles. The fourth-order valence-corrected chi connectivity index (χ4v) is 0.880. The lowest BCUT2D eigenvalue weighted by molar-refractivity contribution is 0.188. The molecule has 0 rings (SSSR count). The molecular formula is C9H18O2. The van der Waals surface area contributed by atoms with E-state index in [9.17, 15) is 0 Å². The van der Waals surface area contributed by atoms with Crippen molar-refractivity contribution in [2.45, 2.75) is 19.8 Å². The van der Waals surface area contributed by atoms with E-state index in [1.807, 2.05) is 0 Å². The number of rotatable bonds is 6. The quantitative estimate of drug-likeness (QED) is 0.550. The lowest BCUT2D eigenvalue weighted by Gasteiger charge is -2.04.